The summed E-state index contributed by atoms with van der Waals surface area (Å²) in [6.45, 7) is 1.94. The smallest absolute Gasteiger partial charge is 0.220 e. The summed E-state index contributed by atoms with van der Waals surface area (Å²) in [4.78, 5) is 22.0. The maximum Gasteiger partial charge on any atom is 0.220 e. The van der Waals surface area contributed by atoms with E-state index in [0.29, 0.717) is 19.4 Å². The fraction of sp³-hybridized carbons (Fsp3) is 0.385. The van der Waals surface area contributed by atoms with Crippen LogP contribution in [0.4, 0.5) is 0 Å². The van der Waals surface area contributed by atoms with E-state index in [1.807, 2.05) is 30.3 Å². The minimum absolute atomic E-state index is 0.0899. The molecule has 0 aliphatic carbocycles. The van der Waals surface area contributed by atoms with Gasteiger partial charge in [-0.15, -0.1) is 0 Å². The van der Waals surface area contributed by atoms with Gasteiger partial charge in [0.15, 0.2) is 0 Å². The predicted octanol–water partition coefficient (Wildman–Crippen LogP) is 0.857. The van der Waals surface area contributed by atoms with Crippen LogP contribution in [-0.2, 0) is 16.0 Å². The molecular formula is C13H18N2O2. The molecule has 4 nitrogen and oxygen atoms in total. The van der Waals surface area contributed by atoms with Crippen LogP contribution in [0.2, 0.25) is 0 Å². The van der Waals surface area contributed by atoms with Crippen LogP contribution in [0.1, 0.15) is 18.9 Å². The molecule has 1 rings (SSSR count). The first-order valence-corrected chi connectivity index (χ1v) is 5.67. The van der Waals surface area contributed by atoms with Gasteiger partial charge < -0.3 is 11.1 Å². The normalized spacial score (nSPS) is 11.8. The lowest BCUT2D eigenvalue weighted by atomic mass is 9.95. The van der Waals surface area contributed by atoms with Crippen molar-refractivity contribution in [2.75, 3.05) is 6.54 Å². The monoisotopic (exact) mass is 234 g/mol. The number of carbonyl (C=O) groups is 2. The number of hydrogen-bond donors (Lipinski definition) is 2. The topological polar surface area (TPSA) is 72.2 Å². The molecule has 3 N–H and O–H groups in total. The second-order valence-electron chi connectivity index (χ2n) is 4.06. The Morgan fingerprint density at radius 1 is 1.29 bits per heavy atom. The van der Waals surface area contributed by atoms with Gasteiger partial charge >= 0.3 is 0 Å². The number of primary amides is 1. The fourth-order valence-corrected chi connectivity index (χ4v) is 1.67. The number of rotatable bonds is 6. The highest BCUT2D eigenvalue weighted by molar-refractivity contribution is 5.77. The first-order valence-electron chi connectivity index (χ1n) is 5.67. The maximum atomic E-state index is 11.3. The van der Waals surface area contributed by atoms with Crippen molar-refractivity contribution in [3.8, 4) is 0 Å². The van der Waals surface area contributed by atoms with Gasteiger partial charge in [0.05, 0.1) is 0 Å². The van der Waals surface area contributed by atoms with Crippen molar-refractivity contribution in [1.82, 2.24) is 5.32 Å². The highest BCUT2D eigenvalue weighted by Crippen LogP contribution is 2.11. The first kappa shape index (κ1) is 13.2. The second kappa shape index (κ2) is 6.68. The van der Waals surface area contributed by atoms with E-state index in [9.17, 15) is 9.59 Å². The van der Waals surface area contributed by atoms with E-state index in [1.54, 1.807) is 0 Å². The Bertz CT molecular complexity index is 376. The average molecular weight is 234 g/mol. The van der Waals surface area contributed by atoms with Crippen molar-refractivity contribution in [1.29, 1.82) is 0 Å². The molecule has 0 aliphatic heterocycles. The van der Waals surface area contributed by atoms with Crippen molar-refractivity contribution in [2.45, 2.75) is 19.8 Å². The Morgan fingerprint density at radius 2 is 1.94 bits per heavy atom. The molecular weight excluding hydrogens is 216 g/mol. The Morgan fingerprint density at radius 3 is 2.47 bits per heavy atom. The summed E-state index contributed by atoms with van der Waals surface area (Å²) in [6.07, 6.45) is 1.19. The number of carbonyl (C=O) groups excluding carboxylic acids is 2. The van der Waals surface area contributed by atoms with Crippen molar-refractivity contribution in [3.63, 3.8) is 0 Å². The molecule has 17 heavy (non-hydrogen) atoms. The van der Waals surface area contributed by atoms with E-state index in [0.717, 1.165) is 5.56 Å². The van der Waals surface area contributed by atoms with Gasteiger partial charge in [-0.3, -0.25) is 9.59 Å². The average Bonchev–Trinajstić information content (AvgIpc) is 2.28. The predicted molar refractivity (Wildman–Crippen MR) is 66.1 cm³/mol. The third kappa shape index (κ3) is 5.15. The zero-order chi connectivity index (χ0) is 12.7. The summed E-state index contributed by atoms with van der Waals surface area (Å²) in [6, 6.07) is 9.73. The highest BCUT2D eigenvalue weighted by atomic mass is 16.1. The van der Waals surface area contributed by atoms with Crippen molar-refractivity contribution in [2.24, 2.45) is 11.7 Å². The van der Waals surface area contributed by atoms with Gasteiger partial charge in [0.25, 0.3) is 0 Å². The zero-order valence-corrected chi connectivity index (χ0v) is 9.98. The summed E-state index contributed by atoms with van der Waals surface area (Å²) in [7, 11) is 0. The van der Waals surface area contributed by atoms with E-state index < -0.39 is 0 Å². The summed E-state index contributed by atoms with van der Waals surface area (Å²) in [5.74, 6) is -0.642. The largest absolute Gasteiger partial charge is 0.369 e. The molecule has 2 amide bonds. The fourth-order valence-electron chi connectivity index (χ4n) is 1.67. The summed E-state index contributed by atoms with van der Waals surface area (Å²) >= 11 is 0. The number of benzene rings is 1. The Balaban J connectivity index is 2.49. The van der Waals surface area contributed by atoms with Crippen molar-refractivity contribution < 1.29 is 9.59 Å². The van der Waals surface area contributed by atoms with Crippen LogP contribution in [0.15, 0.2) is 30.3 Å². The number of hydrogen-bond acceptors (Lipinski definition) is 2. The minimum atomic E-state index is -0.320. The van der Waals surface area contributed by atoms with Crippen LogP contribution in [-0.4, -0.2) is 18.4 Å². The number of amides is 2. The Hall–Kier alpha value is -1.84. The molecule has 1 atom stereocenters. The minimum Gasteiger partial charge on any atom is -0.369 e. The second-order valence-corrected chi connectivity index (χ2v) is 4.06. The molecule has 0 aromatic heterocycles. The van der Waals surface area contributed by atoms with Crippen molar-refractivity contribution >= 4 is 11.8 Å². The van der Waals surface area contributed by atoms with E-state index >= 15 is 0 Å². The number of nitrogens with one attached hydrogen (secondary N) is 1. The molecule has 0 aliphatic rings. The van der Waals surface area contributed by atoms with E-state index in [-0.39, 0.29) is 17.7 Å². The zero-order valence-electron chi connectivity index (χ0n) is 9.98. The quantitative estimate of drug-likeness (QED) is 0.766. The molecule has 0 bridgehead atoms. The van der Waals surface area contributed by atoms with E-state index in [4.69, 9.17) is 5.73 Å². The third-order valence-corrected chi connectivity index (χ3v) is 2.59. The van der Waals surface area contributed by atoms with Gasteiger partial charge in [0.1, 0.15) is 0 Å². The van der Waals surface area contributed by atoms with Gasteiger partial charge in [-0.25, -0.2) is 0 Å². The Labute approximate surface area is 101 Å². The molecule has 0 radical (unpaired) electrons. The molecule has 1 aromatic carbocycles. The van der Waals surface area contributed by atoms with Crippen molar-refractivity contribution in [3.05, 3.63) is 35.9 Å². The lowest BCUT2D eigenvalue weighted by Gasteiger charge is -2.13. The molecule has 0 saturated carbocycles. The number of nitrogens with two attached hydrogens (primary N) is 1. The summed E-state index contributed by atoms with van der Waals surface area (Å²) in [5, 5.41) is 2.67. The summed E-state index contributed by atoms with van der Waals surface area (Å²) < 4.78 is 0. The van der Waals surface area contributed by atoms with E-state index in [1.165, 1.54) is 6.92 Å². The highest BCUT2D eigenvalue weighted by Gasteiger charge is 2.15. The molecule has 0 unspecified atom stereocenters. The van der Waals surface area contributed by atoms with Gasteiger partial charge in [0.2, 0.25) is 11.8 Å². The molecule has 0 spiro atoms. The van der Waals surface area contributed by atoms with Crippen LogP contribution in [0.5, 0.6) is 0 Å². The summed E-state index contributed by atoms with van der Waals surface area (Å²) in [5.41, 5.74) is 6.43. The molecule has 0 fully saturated rings. The van der Waals surface area contributed by atoms with Crippen LogP contribution in [0.3, 0.4) is 0 Å². The maximum absolute atomic E-state index is 11.3. The lowest BCUT2D eigenvalue weighted by Crippen LogP contribution is -2.30. The molecule has 4 heteroatoms. The van der Waals surface area contributed by atoms with Crippen LogP contribution >= 0.6 is 0 Å². The Kier molecular flexibility index (Phi) is 5.20. The van der Waals surface area contributed by atoms with Gasteiger partial charge in [-0.05, 0) is 18.4 Å². The van der Waals surface area contributed by atoms with Gasteiger partial charge in [0, 0.05) is 19.4 Å². The molecule has 92 valence electrons. The standard InChI is InChI=1S/C13H18N2O2/c1-10(16)15-8-7-12(13(14)17)9-11-5-3-2-4-6-11/h2-6,12H,7-9H2,1H3,(H2,14,17)(H,15,16)/t12-/m1/s1. The molecule has 1 aromatic rings. The van der Waals surface area contributed by atoms with Gasteiger partial charge in [-0.2, -0.15) is 0 Å². The SMILES string of the molecule is CC(=O)NCC[C@H](Cc1ccccc1)C(N)=O. The lowest BCUT2D eigenvalue weighted by molar-refractivity contribution is -0.123. The first-order chi connectivity index (χ1) is 8.09. The van der Waals surface area contributed by atoms with Gasteiger partial charge in [-0.1, -0.05) is 30.3 Å². The molecule has 0 heterocycles. The van der Waals surface area contributed by atoms with Crippen LogP contribution < -0.4 is 11.1 Å². The van der Waals surface area contributed by atoms with Crippen LogP contribution in [0, 0.1) is 5.92 Å². The molecule has 0 saturated heterocycles. The van der Waals surface area contributed by atoms with Crippen LogP contribution in [0.25, 0.3) is 0 Å². The third-order valence-electron chi connectivity index (χ3n) is 2.59. The van der Waals surface area contributed by atoms with E-state index in [2.05, 4.69) is 5.32 Å².